The van der Waals surface area contributed by atoms with Crippen molar-refractivity contribution < 1.29 is 0 Å². The summed E-state index contributed by atoms with van der Waals surface area (Å²) < 4.78 is 2.24. The van der Waals surface area contributed by atoms with Gasteiger partial charge in [0.05, 0.1) is 18.1 Å². The minimum Gasteiger partial charge on any atom is -0.325 e. The van der Waals surface area contributed by atoms with Crippen LogP contribution in [0, 0.1) is 0 Å². The fraction of sp³-hybridized carbons (Fsp3) is 0.462. The van der Waals surface area contributed by atoms with Gasteiger partial charge in [0.1, 0.15) is 0 Å². The lowest BCUT2D eigenvalue weighted by Crippen LogP contribution is -2.18. The van der Waals surface area contributed by atoms with E-state index >= 15 is 0 Å². The molecule has 4 heteroatoms. The highest BCUT2D eigenvalue weighted by Gasteiger charge is 2.11. The lowest BCUT2D eigenvalue weighted by Gasteiger charge is -2.15. The van der Waals surface area contributed by atoms with E-state index in [1.807, 2.05) is 12.5 Å². The number of thiophene rings is 1. The topological polar surface area (TPSA) is 29.9 Å². The molecular weight excluding hydrogens is 230 g/mol. The van der Waals surface area contributed by atoms with Gasteiger partial charge in [0.2, 0.25) is 0 Å². The second kappa shape index (κ2) is 5.98. The van der Waals surface area contributed by atoms with Crippen molar-refractivity contribution in [1.82, 2.24) is 14.9 Å². The summed E-state index contributed by atoms with van der Waals surface area (Å²) in [6, 6.07) is 4.65. The van der Waals surface area contributed by atoms with Crippen LogP contribution >= 0.6 is 11.3 Å². The molecule has 1 N–H and O–H groups in total. The highest BCUT2D eigenvalue weighted by atomic mass is 32.1. The Hall–Kier alpha value is -1.13. The van der Waals surface area contributed by atoms with Crippen LogP contribution in [0.3, 0.4) is 0 Å². The molecule has 0 saturated heterocycles. The SMILES string of the molecule is CCCNCc1cncn1C(C)c1cccs1. The summed E-state index contributed by atoms with van der Waals surface area (Å²) in [5, 5.41) is 5.54. The van der Waals surface area contributed by atoms with Gasteiger partial charge in [-0.3, -0.25) is 0 Å². The number of aromatic nitrogens is 2. The molecule has 0 aliphatic carbocycles. The Morgan fingerprint density at radius 1 is 1.53 bits per heavy atom. The van der Waals surface area contributed by atoms with Crippen molar-refractivity contribution in [3.05, 3.63) is 40.6 Å². The van der Waals surface area contributed by atoms with Crippen LogP contribution in [0.5, 0.6) is 0 Å². The Kier molecular flexibility index (Phi) is 4.34. The average molecular weight is 249 g/mol. The largest absolute Gasteiger partial charge is 0.325 e. The van der Waals surface area contributed by atoms with Gasteiger partial charge in [-0.1, -0.05) is 13.0 Å². The van der Waals surface area contributed by atoms with Crippen molar-refractivity contribution in [3.8, 4) is 0 Å². The zero-order chi connectivity index (χ0) is 12.1. The molecule has 2 rings (SSSR count). The molecule has 2 aromatic rings. The lowest BCUT2D eigenvalue weighted by atomic mass is 10.2. The van der Waals surface area contributed by atoms with Gasteiger partial charge < -0.3 is 9.88 Å². The van der Waals surface area contributed by atoms with Gasteiger partial charge in [-0.2, -0.15) is 0 Å². The van der Waals surface area contributed by atoms with Crippen LogP contribution in [0.25, 0.3) is 0 Å². The third-order valence-corrected chi connectivity index (χ3v) is 3.89. The van der Waals surface area contributed by atoms with E-state index in [0.29, 0.717) is 6.04 Å². The number of imidazole rings is 1. The third kappa shape index (κ3) is 2.96. The monoisotopic (exact) mass is 249 g/mol. The third-order valence-electron chi connectivity index (χ3n) is 2.85. The normalized spacial score (nSPS) is 12.8. The van der Waals surface area contributed by atoms with Crippen molar-refractivity contribution in [2.24, 2.45) is 0 Å². The molecule has 0 aliphatic heterocycles. The molecule has 0 saturated carbocycles. The first-order valence-electron chi connectivity index (χ1n) is 6.07. The molecule has 1 unspecified atom stereocenters. The van der Waals surface area contributed by atoms with Gasteiger partial charge in [0.25, 0.3) is 0 Å². The zero-order valence-electron chi connectivity index (χ0n) is 10.4. The minimum absolute atomic E-state index is 0.371. The summed E-state index contributed by atoms with van der Waals surface area (Å²) in [7, 11) is 0. The quantitative estimate of drug-likeness (QED) is 0.797. The second-order valence-electron chi connectivity index (χ2n) is 4.16. The smallest absolute Gasteiger partial charge is 0.0954 e. The second-order valence-corrected chi connectivity index (χ2v) is 5.14. The summed E-state index contributed by atoms with van der Waals surface area (Å²) in [4.78, 5) is 5.63. The number of hydrogen-bond donors (Lipinski definition) is 1. The Morgan fingerprint density at radius 3 is 3.12 bits per heavy atom. The van der Waals surface area contributed by atoms with Gasteiger partial charge in [-0.05, 0) is 31.3 Å². The number of hydrogen-bond acceptors (Lipinski definition) is 3. The summed E-state index contributed by atoms with van der Waals surface area (Å²) >= 11 is 1.80. The molecule has 92 valence electrons. The van der Waals surface area contributed by atoms with Crippen LogP contribution in [0.1, 0.15) is 36.9 Å². The summed E-state index contributed by atoms with van der Waals surface area (Å²) in [5.41, 5.74) is 1.25. The predicted octanol–water partition coefficient (Wildman–Crippen LogP) is 3.05. The Labute approximate surface area is 107 Å². The maximum Gasteiger partial charge on any atom is 0.0954 e. The van der Waals surface area contributed by atoms with E-state index in [1.165, 1.54) is 10.6 Å². The zero-order valence-corrected chi connectivity index (χ0v) is 11.2. The van der Waals surface area contributed by atoms with E-state index in [-0.39, 0.29) is 0 Å². The van der Waals surface area contributed by atoms with Crippen molar-refractivity contribution in [3.63, 3.8) is 0 Å². The average Bonchev–Trinajstić information content (AvgIpc) is 3.00. The summed E-state index contributed by atoms with van der Waals surface area (Å²) in [5.74, 6) is 0. The van der Waals surface area contributed by atoms with E-state index < -0.39 is 0 Å². The fourth-order valence-electron chi connectivity index (χ4n) is 1.88. The van der Waals surface area contributed by atoms with Gasteiger partial charge in [0, 0.05) is 17.6 Å². The molecular formula is C13H19N3S. The van der Waals surface area contributed by atoms with Crippen molar-refractivity contribution in [2.45, 2.75) is 32.9 Å². The summed E-state index contributed by atoms with van der Waals surface area (Å²) in [6.07, 6.45) is 5.04. The molecule has 0 aromatic carbocycles. The first-order chi connectivity index (χ1) is 8.33. The molecule has 0 bridgehead atoms. The van der Waals surface area contributed by atoms with Crippen LogP contribution < -0.4 is 5.32 Å². The molecule has 2 aromatic heterocycles. The number of nitrogens with zero attached hydrogens (tertiary/aromatic N) is 2. The predicted molar refractivity (Wildman–Crippen MR) is 72.4 cm³/mol. The molecule has 17 heavy (non-hydrogen) atoms. The number of nitrogens with one attached hydrogen (secondary N) is 1. The Bertz CT molecular complexity index is 433. The molecule has 3 nitrogen and oxygen atoms in total. The van der Waals surface area contributed by atoms with Crippen LogP contribution in [0.4, 0.5) is 0 Å². The maximum atomic E-state index is 4.26. The van der Waals surface area contributed by atoms with Crippen molar-refractivity contribution >= 4 is 11.3 Å². The molecule has 0 fully saturated rings. The van der Waals surface area contributed by atoms with Gasteiger partial charge in [-0.25, -0.2) is 4.98 Å². The molecule has 2 heterocycles. The highest BCUT2D eigenvalue weighted by molar-refractivity contribution is 7.10. The molecule has 1 atom stereocenters. The Balaban J connectivity index is 2.08. The molecule has 0 amide bonds. The van der Waals surface area contributed by atoms with Gasteiger partial charge in [-0.15, -0.1) is 11.3 Å². The lowest BCUT2D eigenvalue weighted by molar-refractivity contribution is 0.580. The Morgan fingerprint density at radius 2 is 2.41 bits per heavy atom. The fourth-order valence-corrected chi connectivity index (χ4v) is 2.66. The van der Waals surface area contributed by atoms with Gasteiger partial charge in [0.15, 0.2) is 0 Å². The number of rotatable bonds is 6. The van der Waals surface area contributed by atoms with E-state index in [9.17, 15) is 0 Å². The standard InChI is InChI=1S/C13H19N3S/c1-3-6-14-8-12-9-15-10-16(12)11(2)13-5-4-7-17-13/h4-5,7,9-11,14H,3,6,8H2,1-2H3. The summed E-state index contributed by atoms with van der Waals surface area (Å²) in [6.45, 7) is 6.34. The van der Waals surface area contributed by atoms with Crippen LogP contribution in [0.15, 0.2) is 30.0 Å². The molecule has 0 radical (unpaired) electrons. The maximum absolute atomic E-state index is 4.26. The molecule has 0 spiro atoms. The van der Waals surface area contributed by atoms with Gasteiger partial charge >= 0.3 is 0 Å². The first-order valence-corrected chi connectivity index (χ1v) is 6.95. The van der Waals surface area contributed by atoms with Crippen molar-refractivity contribution in [2.75, 3.05) is 6.54 Å². The van der Waals surface area contributed by atoms with Crippen molar-refractivity contribution in [1.29, 1.82) is 0 Å². The molecule has 0 aliphatic rings. The van der Waals surface area contributed by atoms with E-state index in [2.05, 4.69) is 46.2 Å². The minimum atomic E-state index is 0.371. The van der Waals surface area contributed by atoms with E-state index in [0.717, 1.165) is 19.5 Å². The van der Waals surface area contributed by atoms with E-state index in [1.54, 1.807) is 11.3 Å². The highest BCUT2D eigenvalue weighted by Crippen LogP contribution is 2.23. The van der Waals surface area contributed by atoms with Crippen LogP contribution in [0.2, 0.25) is 0 Å². The van der Waals surface area contributed by atoms with Crippen LogP contribution in [-0.4, -0.2) is 16.1 Å². The first kappa shape index (κ1) is 12.3. The van der Waals surface area contributed by atoms with Crippen LogP contribution in [-0.2, 0) is 6.54 Å². The van der Waals surface area contributed by atoms with E-state index in [4.69, 9.17) is 0 Å².